The zero-order valence-electron chi connectivity index (χ0n) is 15.9. The third-order valence-electron chi connectivity index (χ3n) is 5.11. The summed E-state index contributed by atoms with van der Waals surface area (Å²) < 4.78 is 0. The number of thioether (sulfide) groups is 1. The molecule has 0 bridgehead atoms. The second-order valence-corrected chi connectivity index (χ2v) is 8.35. The number of piperazine rings is 1. The maximum atomic E-state index is 12.7. The molecule has 1 saturated heterocycles. The molecular formula is C23H21ClN2O2S. The number of fused-ring (bicyclic) bond motifs is 1. The molecule has 3 aromatic carbocycles. The Balaban J connectivity index is 1.35. The number of benzene rings is 3. The van der Waals surface area contributed by atoms with Gasteiger partial charge >= 0.3 is 0 Å². The molecular weight excluding hydrogens is 404 g/mol. The first-order valence-corrected chi connectivity index (χ1v) is 10.9. The van der Waals surface area contributed by atoms with Crippen LogP contribution in [-0.2, 0) is 4.79 Å². The van der Waals surface area contributed by atoms with Crippen LogP contribution in [0.15, 0.2) is 71.6 Å². The number of amides is 2. The molecule has 6 heteroatoms. The highest BCUT2D eigenvalue weighted by Crippen LogP contribution is 2.33. The van der Waals surface area contributed by atoms with Gasteiger partial charge in [0, 0.05) is 47.0 Å². The van der Waals surface area contributed by atoms with Gasteiger partial charge in [0.15, 0.2) is 0 Å². The Morgan fingerprint density at radius 3 is 2.21 bits per heavy atom. The molecule has 1 heterocycles. The van der Waals surface area contributed by atoms with Gasteiger partial charge in [-0.25, -0.2) is 0 Å². The summed E-state index contributed by atoms with van der Waals surface area (Å²) in [5, 5.41) is 2.77. The zero-order valence-corrected chi connectivity index (χ0v) is 17.5. The number of hydrogen-bond acceptors (Lipinski definition) is 3. The van der Waals surface area contributed by atoms with E-state index in [0.29, 0.717) is 42.5 Å². The Morgan fingerprint density at radius 2 is 1.48 bits per heavy atom. The third kappa shape index (κ3) is 4.41. The highest BCUT2D eigenvalue weighted by Gasteiger charge is 2.24. The van der Waals surface area contributed by atoms with E-state index in [-0.39, 0.29) is 11.8 Å². The maximum absolute atomic E-state index is 12.7. The minimum Gasteiger partial charge on any atom is -0.338 e. The van der Waals surface area contributed by atoms with Crippen molar-refractivity contribution in [3.8, 4) is 0 Å². The molecule has 0 saturated carbocycles. The van der Waals surface area contributed by atoms with Crippen molar-refractivity contribution in [3.05, 3.63) is 77.3 Å². The van der Waals surface area contributed by atoms with Crippen LogP contribution in [0.5, 0.6) is 0 Å². The molecule has 0 N–H and O–H groups in total. The van der Waals surface area contributed by atoms with Gasteiger partial charge in [-0.15, -0.1) is 11.8 Å². The first-order valence-electron chi connectivity index (χ1n) is 9.55. The molecule has 1 aliphatic heterocycles. The maximum Gasteiger partial charge on any atom is 0.253 e. The second-order valence-electron chi connectivity index (χ2n) is 6.92. The minimum absolute atomic E-state index is 0.0254. The standard InChI is InChI=1S/C23H21ClN2O2S/c24-19-10-4-8-17-9-5-11-20(22(17)19)29-16-21(27)25-12-14-26(15-13-25)23(28)18-6-2-1-3-7-18/h1-11H,12-16H2. The van der Waals surface area contributed by atoms with E-state index in [4.69, 9.17) is 11.6 Å². The molecule has 0 aromatic heterocycles. The van der Waals surface area contributed by atoms with Gasteiger partial charge in [-0.2, -0.15) is 0 Å². The number of rotatable bonds is 4. The molecule has 0 aliphatic carbocycles. The van der Waals surface area contributed by atoms with E-state index in [9.17, 15) is 9.59 Å². The van der Waals surface area contributed by atoms with Crippen LogP contribution in [0.3, 0.4) is 0 Å². The first-order chi connectivity index (χ1) is 14.1. The average molecular weight is 425 g/mol. The summed E-state index contributed by atoms with van der Waals surface area (Å²) in [6.45, 7) is 2.25. The van der Waals surface area contributed by atoms with E-state index < -0.39 is 0 Å². The van der Waals surface area contributed by atoms with Gasteiger partial charge in [-0.1, -0.05) is 54.1 Å². The lowest BCUT2D eigenvalue weighted by molar-refractivity contribution is -0.129. The fourth-order valence-corrected chi connectivity index (χ4v) is 4.88. The van der Waals surface area contributed by atoms with Crippen LogP contribution in [0.25, 0.3) is 10.8 Å². The second kappa shape index (κ2) is 8.89. The molecule has 1 fully saturated rings. The highest BCUT2D eigenvalue weighted by molar-refractivity contribution is 8.00. The van der Waals surface area contributed by atoms with Gasteiger partial charge < -0.3 is 9.80 Å². The Kier molecular flexibility index (Phi) is 6.07. The molecule has 0 atom stereocenters. The van der Waals surface area contributed by atoms with Crippen molar-refractivity contribution in [2.45, 2.75) is 4.90 Å². The van der Waals surface area contributed by atoms with Gasteiger partial charge in [-0.3, -0.25) is 9.59 Å². The van der Waals surface area contributed by atoms with Crippen LogP contribution in [0.4, 0.5) is 0 Å². The van der Waals surface area contributed by atoms with Gasteiger partial charge in [0.2, 0.25) is 5.91 Å². The molecule has 29 heavy (non-hydrogen) atoms. The fourth-order valence-electron chi connectivity index (χ4n) is 3.54. The summed E-state index contributed by atoms with van der Waals surface area (Å²) in [6, 6.07) is 21.1. The lowest BCUT2D eigenvalue weighted by atomic mass is 10.1. The quantitative estimate of drug-likeness (QED) is 0.576. The molecule has 0 unspecified atom stereocenters. The predicted octanol–water partition coefficient (Wildman–Crippen LogP) is 4.57. The van der Waals surface area contributed by atoms with E-state index >= 15 is 0 Å². The normalized spacial score (nSPS) is 14.2. The number of nitrogens with zero attached hydrogens (tertiary/aromatic N) is 2. The number of halogens is 1. The van der Waals surface area contributed by atoms with E-state index in [0.717, 1.165) is 15.7 Å². The summed E-state index contributed by atoms with van der Waals surface area (Å²) in [5.41, 5.74) is 0.690. The van der Waals surface area contributed by atoms with Crippen LogP contribution >= 0.6 is 23.4 Å². The van der Waals surface area contributed by atoms with E-state index in [1.807, 2.05) is 76.5 Å². The average Bonchev–Trinajstić information content (AvgIpc) is 2.78. The Morgan fingerprint density at radius 1 is 0.828 bits per heavy atom. The summed E-state index contributed by atoms with van der Waals surface area (Å²) in [6.07, 6.45) is 0. The Bertz CT molecular complexity index is 1030. The number of carbonyl (C=O) groups excluding carboxylic acids is 2. The van der Waals surface area contributed by atoms with Crippen LogP contribution < -0.4 is 0 Å². The smallest absolute Gasteiger partial charge is 0.253 e. The minimum atomic E-state index is 0.0254. The topological polar surface area (TPSA) is 40.6 Å². The SMILES string of the molecule is O=C(CSc1cccc2cccc(Cl)c12)N1CCN(C(=O)c2ccccc2)CC1. The molecule has 1 aliphatic rings. The van der Waals surface area contributed by atoms with Gasteiger partial charge in [0.05, 0.1) is 5.75 Å². The number of carbonyl (C=O) groups is 2. The number of hydrogen-bond donors (Lipinski definition) is 0. The molecule has 2 amide bonds. The summed E-state index contributed by atoms with van der Waals surface area (Å²) in [4.78, 5) is 29.9. The Hall–Kier alpha value is -2.50. The Labute approximate surface area is 179 Å². The molecule has 0 spiro atoms. The van der Waals surface area contributed by atoms with Gasteiger partial charge in [0.1, 0.15) is 0 Å². The molecule has 4 rings (SSSR count). The van der Waals surface area contributed by atoms with Crippen LogP contribution in [0.1, 0.15) is 10.4 Å². The van der Waals surface area contributed by atoms with Crippen LogP contribution in [0, 0.1) is 0 Å². The fraction of sp³-hybridized carbons (Fsp3) is 0.217. The first kappa shape index (κ1) is 19.8. The summed E-state index contributed by atoms with van der Waals surface area (Å²) >= 11 is 7.89. The van der Waals surface area contributed by atoms with E-state index in [1.165, 1.54) is 11.8 Å². The van der Waals surface area contributed by atoms with Crippen LogP contribution in [-0.4, -0.2) is 53.5 Å². The summed E-state index contributed by atoms with van der Waals surface area (Å²) in [5.74, 6) is 0.472. The molecule has 3 aromatic rings. The van der Waals surface area contributed by atoms with Crippen LogP contribution in [0.2, 0.25) is 5.02 Å². The predicted molar refractivity (Wildman–Crippen MR) is 119 cm³/mol. The largest absolute Gasteiger partial charge is 0.338 e. The van der Waals surface area contributed by atoms with Crippen molar-refractivity contribution in [1.29, 1.82) is 0 Å². The summed E-state index contributed by atoms with van der Waals surface area (Å²) in [7, 11) is 0. The highest BCUT2D eigenvalue weighted by atomic mass is 35.5. The van der Waals surface area contributed by atoms with Gasteiger partial charge in [-0.05, 0) is 29.7 Å². The van der Waals surface area contributed by atoms with E-state index in [2.05, 4.69) is 0 Å². The van der Waals surface area contributed by atoms with Crippen molar-refractivity contribution in [2.75, 3.05) is 31.9 Å². The van der Waals surface area contributed by atoms with Crippen molar-refractivity contribution in [3.63, 3.8) is 0 Å². The lowest BCUT2D eigenvalue weighted by Gasteiger charge is -2.34. The van der Waals surface area contributed by atoms with E-state index in [1.54, 1.807) is 0 Å². The molecule has 4 nitrogen and oxygen atoms in total. The molecule has 0 radical (unpaired) electrons. The zero-order chi connectivity index (χ0) is 20.2. The molecule has 148 valence electrons. The van der Waals surface area contributed by atoms with Crippen molar-refractivity contribution in [2.24, 2.45) is 0 Å². The van der Waals surface area contributed by atoms with Gasteiger partial charge in [0.25, 0.3) is 5.91 Å². The lowest BCUT2D eigenvalue weighted by Crippen LogP contribution is -2.51. The monoisotopic (exact) mass is 424 g/mol. The third-order valence-corrected chi connectivity index (χ3v) is 6.46. The van der Waals surface area contributed by atoms with Crippen molar-refractivity contribution < 1.29 is 9.59 Å². The van der Waals surface area contributed by atoms with Crippen molar-refractivity contribution in [1.82, 2.24) is 9.80 Å². The van der Waals surface area contributed by atoms with Crippen molar-refractivity contribution >= 4 is 45.9 Å².